The van der Waals surface area contributed by atoms with Gasteiger partial charge in [0, 0.05) is 17.3 Å². The van der Waals surface area contributed by atoms with Crippen LogP contribution in [0.1, 0.15) is 45.1 Å². The zero-order valence-electron chi connectivity index (χ0n) is 11.8. The topological polar surface area (TPSA) is 66.4 Å². The van der Waals surface area contributed by atoms with Crippen molar-refractivity contribution in [3.8, 4) is 0 Å². The molecule has 0 saturated carbocycles. The Bertz CT molecular complexity index is 469. The van der Waals surface area contributed by atoms with Gasteiger partial charge in [0.25, 0.3) is 0 Å². The maximum Gasteiger partial charge on any atom is 0.303 e. The molecule has 0 heterocycles. The van der Waals surface area contributed by atoms with E-state index in [2.05, 4.69) is 21.2 Å². The minimum absolute atomic E-state index is 0.0525. The predicted molar refractivity (Wildman–Crippen MR) is 81.4 cm³/mol. The summed E-state index contributed by atoms with van der Waals surface area (Å²) in [7, 11) is 0. The number of rotatable bonds is 7. The molecule has 0 aliphatic rings. The molecule has 1 amide bonds. The van der Waals surface area contributed by atoms with Gasteiger partial charge in [-0.2, -0.15) is 0 Å². The molecule has 0 unspecified atom stereocenters. The van der Waals surface area contributed by atoms with Gasteiger partial charge >= 0.3 is 5.97 Å². The number of nitrogens with one attached hydrogen (secondary N) is 1. The van der Waals surface area contributed by atoms with Crippen molar-refractivity contribution in [3.63, 3.8) is 0 Å². The molecule has 4 nitrogen and oxygen atoms in total. The minimum atomic E-state index is -0.819. The fourth-order valence-corrected chi connectivity index (χ4v) is 2.18. The SMILES string of the molecule is CC(C)(NC(=O)CCCCC(=O)O)c1ccc(Br)cc1. The summed E-state index contributed by atoms with van der Waals surface area (Å²) in [6, 6.07) is 7.82. The number of hydrogen-bond donors (Lipinski definition) is 2. The largest absolute Gasteiger partial charge is 0.481 e. The summed E-state index contributed by atoms with van der Waals surface area (Å²) in [4.78, 5) is 22.3. The highest BCUT2D eigenvalue weighted by Crippen LogP contribution is 2.22. The molecule has 0 aliphatic heterocycles. The lowest BCUT2D eigenvalue weighted by molar-refractivity contribution is -0.137. The Labute approximate surface area is 127 Å². The first kappa shape index (κ1) is 16.7. The lowest BCUT2D eigenvalue weighted by Gasteiger charge is -2.27. The third kappa shape index (κ3) is 5.74. The van der Waals surface area contributed by atoms with E-state index in [0.29, 0.717) is 19.3 Å². The highest BCUT2D eigenvalue weighted by Gasteiger charge is 2.22. The fourth-order valence-electron chi connectivity index (χ4n) is 1.91. The molecule has 20 heavy (non-hydrogen) atoms. The summed E-state index contributed by atoms with van der Waals surface area (Å²) < 4.78 is 0.997. The van der Waals surface area contributed by atoms with E-state index in [0.717, 1.165) is 10.0 Å². The summed E-state index contributed by atoms with van der Waals surface area (Å²) in [6.45, 7) is 3.90. The number of hydrogen-bond acceptors (Lipinski definition) is 2. The number of aliphatic carboxylic acids is 1. The van der Waals surface area contributed by atoms with Gasteiger partial charge < -0.3 is 10.4 Å². The Morgan fingerprint density at radius 2 is 1.70 bits per heavy atom. The van der Waals surface area contributed by atoms with E-state index in [-0.39, 0.29) is 12.3 Å². The second-order valence-electron chi connectivity index (χ2n) is 5.28. The number of benzene rings is 1. The molecule has 0 fully saturated rings. The smallest absolute Gasteiger partial charge is 0.303 e. The molecular formula is C15H20BrNO3. The average Bonchev–Trinajstić information content (AvgIpc) is 2.34. The summed E-state index contributed by atoms with van der Waals surface area (Å²) in [5, 5.41) is 11.5. The average molecular weight is 342 g/mol. The van der Waals surface area contributed by atoms with Gasteiger partial charge in [0.2, 0.25) is 5.91 Å². The molecule has 0 radical (unpaired) electrons. The molecule has 1 aromatic carbocycles. The number of carbonyl (C=O) groups excluding carboxylic acids is 1. The van der Waals surface area contributed by atoms with Crippen molar-refractivity contribution < 1.29 is 14.7 Å². The van der Waals surface area contributed by atoms with Crippen molar-refractivity contribution >= 4 is 27.8 Å². The van der Waals surface area contributed by atoms with E-state index in [9.17, 15) is 9.59 Å². The van der Waals surface area contributed by atoms with E-state index < -0.39 is 11.5 Å². The molecule has 110 valence electrons. The number of amides is 1. The number of carboxylic acid groups (broad SMARTS) is 1. The standard InChI is InChI=1S/C15H20BrNO3/c1-15(2,11-7-9-12(16)10-8-11)17-13(18)5-3-4-6-14(19)20/h7-10H,3-6H2,1-2H3,(H,17,18)(H,19,20). The lowest BCUT2D eigenvalue weighted by atomic mass is 9.94. The summed E-state index contributed by atoms with van der Waals surface area (Å²) in [6.07, 6.45) is 1.59. The monoisotopic (exact) mass is 341 g/mol. The molecule has 5 heteroatoms. The van der Waals surface area contributed by atoms with Crippen molar-refractivity contribution in [2.24, 2.45) is 0 Å². The molecular weight excluding hydrogens is 322 g/mol. The highest BCUT2D eigenvalue weighted by molar-refractivity contribution is 9.10. The van der Waals surface area contributed by atoms with Crippen LogP contribution in [-0.4, -0.2) is 17.0 Å². The molecule has 1 aromatic rings. The maximum atomic E-state index is 11.9. The minimum Gasteiger partial charge on any atom is -0.481 e. The van der Waals surface area contributed by atoms with Crippen molar-refractivity contribution in [1.82, 2.24) is 5.32 Å². The Morgan fingerprint density at radius 3 is 2.25 bits per heavy atom. The van der Waals surface area contributed by atoms with Crippen LogP contribution in [-0.2, 0) is 15.1 Å². The van der Waals surface area contributed by atoms with Crippen LogP contribution in [0.3, 0.4) is 0 Å². The van der Waals surface area contributed by atoms with Crippen LogP contribution in [0.2, 0.25) is 0 Å². The van der Waals surface area contributed by atoms with Gasteiger partial charge in [-0.1, -0.05) is 28.1 Å². The lowest BCUT2D eigenvalue weighted by Crippen LogP contribution is -2.40. The van der Waals surface area contributed by atoms with Crippen LogP contribution in [0.4, 0.5) is 0 Å². The van der Waals surface area contributed by atoms with E-state index in [1.54, 1.807) is 0 Å². The van der Waals surface area contributed by atoms with Gasteiger partial charge in [0.1, 0.15) is 0 Å². The molecule has 0 atom stereocenters. The van der Waals surface area contributed by atoms with Crippen LogP contribution < -0.4 is 5.32 Å². The third-order valence-corrected chi connectivity index (χ3v) is 3.59. The van der Waals surface area contributed by atoms with E-state index in [4.69, 9.17) is 5.11 Å². The summed E-state index contributed by atoms with van der Waals surface area (Å²) in [5.74, 6) is -0.871. The van der Waals surface area contributed by atoms with Crippen LogP contribution >= 0.6 is 15.9 Å². The van der Waals surface area contributed by atoms with Gasteiger partial charge in [-0.25, -0.2) is 0 Å². The van der Waals surface area contributed by atoms with E-state index in [1.807, 2.05) is 38.1 Å². The first-order valence-corrected chi connectivity index (χ1v) is 7.39. The molecule has 0 bridgehead atoms. The second-order valence-corrected chi connectivity index (χ2v) is 6.20. The van der Waals surface area contributed by atoms with Crippen LogP contribution in [0.25, 0.3) is 0 Å². The Hall–Kier alpha value is -1.36. The van der Waals surface area contributed by atoms with Crippen molar-refractivity contribution in [2.75, 3.05) is 0 Å². The van der Waals surface area contributed by atoms with Gasteiger partial charge in [-0.05, 0) is 44.4 Å². The third-order valence-electron chi connectivity index (χ3n) is 3.06. The van der Waals surface area contributed by atoms with Crippen LogP contribution in [0.15, 0.2) is 28.7 Å². The van der Waals surface area contributed by atoms with Gasteiger partial charge in [-0.3, -0.25) is 9.59 Å². The fraction of sp³-hybridized carbons (Fsp3) is 0.467. The molecule has 1 rings (SSSR count). The maximum absolute atomic E-state index is 11.9. The first-order chi connectivity index (χ1) is 9.31. The first-order valence-electron chi connectivity index (χ1n) is 6.60. The van der Waals surface area contributed by atoms with Crippen LogP contribution in [0.5, 0.6) is 0 Å². The Kier molecular flexibility index (Phi) is 6.20. The zero-order chi connectivity index (χ0) is 15.2. The van der Waals surface area contributed by atoms with Gasteiger partial charge in [0.05, 0.1) is 5.54 Å². The zero-order valence-corrected chi connectivity index (χ0v) is 13.4. The Morgan fingerprint density at radius 1 is 1.15 bits per heavy atom. The van der Waals surface area contributed by atoms with Gasteiger partial charge in [-0.15, -0.1) is 0 Å². The van der Waals surface area contributed by atoms with Crippen molar-refractivity contribution in [2.45, 2.75) is 45.1 Å². The van der Waals surface area contributed by atoms with Crippen molar-refractivity contribution in [3.05, 3.63) is 34.3 Å². The van der Waals surface area contributed by atoms with E-state index >= 15 is 0 Å². The number of carbonyl (C=O) groups is 2. The highest BCUT2D eigenvalue weighted by atomic mass is 79.9. The number of halogens is 1. The second kappa shape index (κ2) is 7.43. The molecule has 0 aromatic heterocycles. The molecule has 0 aliphatic carbocycles. The quantitative estimate of drug-likeness (QED) is 0.746. The van der Waals surface area contributed by atoms with Gasteiger partial charge in [0.15, 0.2) is 0 Å². The number of carboxylic acids is 1. The summed E-state index contributed by atoms with van der Waals surface area (Å²) in [5.41, 5.74) is 0.587. The summed E-state index contributed by atoms with van der Waals surface area (Å²) >= 11 is 3.38. The molecule has 0 spiro atoms. The molecule has 2 N–H and O–H groups in total. The Balaban J connectivity index is 2.47. The number of unbranched alkanes of at least 4 members (excludes halogenated alkanes) is 1. The van der Waals surface area contributed by atoms with Crippen LogP contribution in [0, 0.1) is 0 Å². The predicted octanol–water partition coefficient (Wildman–Crippen LogP) is 3.45. The normalized spacial score (nSPS) is 11.2. The molecule has 0 saturated heterocycles. The van der Waals surface area contributed by atoms with E-state index in [1.165, 1.54) is 0 Å². The van der Waals surface area contributed by atoms with Crippen molar-refractivity contribution in [1.29, 1.82) is 0 Å².